The molecule has 0 saturated heterocycles. The largest absolute Gasteiger partial charge is 0.484 e. The highest BCUT2D eigenvalue weighted by molar-refractivity contribution is 7.89. The van der Waals surface area contributed by atoms with Crippen LogP contribution in [0.1, 0.15) is 25.8 Å². The van der Waals surface area contributed by atoms with E-state index in [4.69, 9.17) is 4.74 Å². The third kappa shape index (κ3) is 5.86. The SMILES string of the molecule is CCCNS(=O)(=O)c1ccc(NC(=O)COc2ccc(CC)cc2)cc1. The number of hydrogen-bond donors (Lipinski definition) is 2. The summed E-state index contributed by atoms with van der Waals surface area (Å²) in [6, 6.07) is 13.6. The minimum absolute atomic E-state index is 0.121. The molecule has 2 aromatic rings. The second-order valence-electron chi connectivity index (χ2n) is 5.76. The average molecular weight is 376 g/mol. The zero-order chi connectivity index (χ0) is 19.0. The molecule has 140 valence electrons. The first kappa shape index (κ1) is 19.9. The van der Waals surface area contributed by atoms with Crippen molar-refractivity contribution in [1.82, 2.24) is 4.72 Å². The van der Waals surface area contributed by atoms with Gasteiger partial charge >= 0.3 is 0 Å². The molecular formula is C19H24N2O4S. The third-order valence-electron chi connectivity index (χ3n) is 3.69. The molecule has 7 heteroatoms. The molecule has 0 aromatic heterocycles. The smallest absolute Gasteiger partial charge is 0.262 e. The van der Waals surface area contributed by atoms with E-state index >= 15 is 0 Å². The summed E-state index contributed by atoms with van der Waals surface area (Å²) >= 11 is 0. The van der Waals surface area contributed by atoms with E-state index in [-0.39, 0.29) is 17.4 Å². The molecule has 0 fully saturated rings. The Kier molecular flexibility index (Phi) is 7.17. The van der Waals surface area contributed by atoms with Crippen molar-refractivity contribution >= 4 is 21.6 Å². The fourth-order valence-corrected chi connectivity index (χ4v) is 3.34. The lowest BCUT2D eigenvalue weighted by Gasteiger charge is -2.09. The Bertz CT molecular complexity index is 816. The molecule has 26 heavy (non-hydrogen) atoms. The number of benzene rings is 2. The molecule has 0 spiro atoms. The van der Waals surface area contributed by atoms with Crippen molar-refractivity contribution in [2.45, 2.75) is 31.6 Å². The van der Waals surface area contributed by atoms with Gasteiger partial charge in [0.05, 0.1) is 4.90 Å². The molecule has 6 nitrogen and oxygen atoms in total. The van der Waals surface area contributed by atoms with Crippen LogP contribution < -0.4 is 14.8 Å². The van der Waals surface area contributed by atoms with Gasteiger partial charge in [0.15, 0.2) is 6.61 Å². The van der Waals surface area contributed by atoms with E-state index in [9.17, 15) is 13.2 Å². The molecule has 0 aliphatic rings. The molecule has 1 amide bonds. The highest BCUT2D eigenvalue weighted by Gasteiger charge is 2.13. The van der Waals surface area contributed by atoms with Gasteiger partial charge in [0.1, 0.15) is 5.75 Å². The van der Waals surface area contributed by atoms with Crippen molar-refractivity contribution in [2.75, 3.05) is 18.5 Å². The van der Waals surface area contributed by atoms with Crippen LogP contribution in [0.2, 0.25) is 0 Å². The Morgan fingerprint density at radius 1 is 1.00 bits per heavy atom. The van der Waals surface area contributed by atoms with E-state index in [1.54, 1.807) is 12.1 Å². The molecule has 0 aliphatic carbocycles. The van der Waals surface area contributed by atoms with Gasteiger partial charge in [0, 0.05) is 12.2 Å². The van der Waals surface area contributed by atoms with Crippen molar-refractivity contribution in [3.05, 3.63) is 54.1 Å². The monoisotopic (exact) mass is 376 g/mol. The molecule has 2 aromatic carbocycles. The predicted octanol–water partition coefficient (Wildman–Crippen LogP) is 2.95. The maximum atomic E-state index is 12.0. The van der Waals surface area contributed by atoms with Crippen molar-refractivity contribution in [3.63, 3.8) is 0 Å². The number of rotatable bonds is 9. The highest BCUT2D eigenvalue weighted by atomic mass is 32.2. The Balaban J connectivity index is 1.88. The number of hydrogen-bond acceptors (Lipinski definition) is 4. The van der Waals surface area contributed by atoms with Crippen LogP contribution >= 0.6 is 0 Å². The van der Waals surface area contributed by atoms with Crippen LogP contribution in [0.5, 0.6) is 5.75 Å². The molecule has 0 bridgehead atoms. The first-order valence-electron chi connectivity index (χ1n) is 8.56. The van der Waals surface area contributed by atoms with Crippen LogP contribution in [-0.4, -0.2) is 27.5 Å². The summed E-state index contributed by atoms with van der Waals surface area (Å²) in [6.45, 7) is 4.22. The number of anilines is 1. The molecule has 0 heterocycles. The van der Waals surface area contributed by atoms with Gasteiger partial charge in [-0.25, -0.2) is 13.1 Å². The summed E-state index contributed by atoms with van der Waals surface area (Å²) in [5.74, 6) is 0.310. The highest BCUT2D eigenvalue weighted by Crippen LogP contribution is 2.15. The average Bonchev–Trinajstić information content (AvgIpc) is 2.65. The second kappa shape index (κ2) is 9.35. The summed E-state index contributed by atoms with van der Waals surface area (Å²) < 4.78 is 32.0. The zero-order valence-corrected chi connectivity index (χ0v) is 15.8. The summed E-state index contributed by atoms with van der Waals surface area (Å²) in [4.78, 5) is 12.1. The third-order valence-corrected chi connectivity index (χ3v) is 5.17. The Morgan fingerprint density at radius 2 is 1.65 bits per heavy atom. The number of carbonyl (C=O) groups excluding carboxylic acids is 1. The van der Waals surface area contributed by atoms with Crippen molar-refractivity contribution in [2.24, 2.45) is 0 Å². The number of amides is 1. The summed E-state index contributed by atoms with van der Waals surface area (Å²) in [6.07, 6.45) is 1.66. The number of sulfonamides is 1. The Morgan fingerprint density at radius 3 is 2.23 bits per heavy atom. The van der Waals surface area contributed by atoms with Crippen LogP contribution in [0.4, 0.5) is 5.69 Å². The normalized spacial score (nSPS) is 11.2. The lowest BCUT2D eigenvalue weighted by atomic mass is 10.2. The molecule has 2 rings (SSSR count). The van der Waals surface area contributed by atoms with Crippen molar-refractivity contribution in [1.29, 1.82) is 0 Å². The summed E-state index contributed by atoms with van der Waals surface area (Å²) in [5.41, 5.74) is 1.71. The van der Waals surface area contributed by atoms with E-state index in [1.807, 2.05) is 31.2 Å². The Hall–Kier alpha value is -2.38. The van der Waals surface area contributed by atoms with E-state index in [2.05, 4.69) is 17.0 Å². The first-order chi connectivity index (χ1) is 12.4. The fraction of sp³-hybridized carbons (Fsp3) is 0.316. The number of aryl methyl sites for hydroxylation is 1. The van der Waals surface area contributed by atoms with E-state index in [1.165, 1.54) is 17.7 Å². The second-order valence-corrected chi connectivity index (χ2v) is 7.52. The van der Waals surface area contributed by atoms with E-state index in [0.717, 1.165) is 6.42 Å². The van der Waals surface area contributed by atoms with Crippen molar-refractivity contribution in [3.8, 4) is 5.75 Å². The maximum absolute atomic E-state index is 12.0. The molecule has 0 saturated carbocycles. The van der Waals surface area contributed by atoms with Gasteiger partial charge in [-0.05, 0) is 54.8 Å². The van der Waals surface area contributed by atoms with Gasteiger partial charge in [-0.1, -0.05) is 26.0 Å². The number of ether oxygens (including phenoxy) is 1. The minimum Gasteiger partial charge on any atom is -0.484 e. The fourth-order valence-electron chi connectivity index (χ4n) is 2.20. The molecule has 0 radical (unpaired) electrons. The van der Waals surface area contributed by atoms with Crippen LogP contribution in [0.25, 0.3) is 0 Å². The lowest BCUT2D eigenvalue weighted by Crippen LogP contribution is -2.24. The van der Waals surface area contributed by atoms with Crippen LogP contribution in [0.15, 0.2) is 53.4 Å². The summed E-state index contributed by atoms with van der Waals surface area (Å²) in [5, 5.41) is 2.68. The van der Waals surface area contributed by atoms with Gasteiger partial charge in [0.2, 0.25) is 10.0 Å². The van der Waals surface area contributed by atoms with E-state index in [0.29, 0.717) is 24.4 Å². The Labute approximate surface area is 154 Å². The summed E-state index contributed by atoms with van der Waals surface area (Å²) in [7, 11) is -3.51. The lowest BCUT2D eigenvalue weighted by molar-refractivity contribution is -0.118. The van der Waals surface area contributed by atoms with Gasteiger partial charge in [-0.3, -0.25) is 4.79 Å². The number of nitrogens with one attached hydrogen (secondary N) is 2. The minimum atomic E-state index is -3.51. The molecule has 0 atom stereocenters. The zero-order valence-electron chi connectivity index (χ0n) is 15.0. The standard InChI is InChI=1S/C19H24N2O4S/c1-3-13-20-26(23,24)18-11-7-16(8-12-18)21-19(22)14-25-17-9-5-15(4-2)6-10-17/h5-12,20H,3-4,13-14H2,1-2H3,(H,21,22). The molecular weight excluding hydrogens is 352 g/mol. The molecule has 0 aliphatic heterocycles. The van der Waals surface area contributed by atoms with Crippen LogP contribution in [0.3, 0.4) is 0 Å². The number of carbonyl (C=O) groups is 1. The predicted molar refractivity (Wildman–Crippen MR) is 102 cm³/mol. The topological polar surface area (TPSA) is 84.5 Å². The van der Waals surface area contributed by atoms with Gasteiger partial charge in [0.25, 0.3) is 5.91 Å². The quantitative estimate of drug-likeness (QED) is 0.705. The maximum Gasteiger partial charge on any atom is 0.262 e. The van der Waals surface area contributed by atoms with Gasteiger partial charge < -0.3 is 10.1 Å². The first-order valence-corrected chi connectivity index (χ1v) is 10.0. The van der Waals surface area contributed by atoms with Gasteiger partial charge in [-0.2, -0.15) is 0 Å². The molecule has 0 unspecified atom stereocenters. The molecule has 2 N–H and O–H groups in total. The van der Waals surface area contributed by atoms with Crippen molar-refractivity contribution < 1.29 is 17.9 Å². The van der Waals surface area contributed by atoms with Crippen LogP contribution in [0, 0.1) is 0 Å². The van der Waals surface area contributed by atoms with Crippen LogP contribution in [-0.2, 0) is 21.2 Å². The van der Waals surface area contributed by atoms with Gasteiger partial charge in [-0.15, -0.1) is 0 Å². The van der Waals surface area contributed by atoms with E-state index < -0.39 is 10.0 Å².